The quantitative estimate of drug-likeness (QED) is 0.357. The smallest absolute Gasteiger partial charge is 0.244 e. The van der Waals surface area contributed by atoms with E-state index < -0.39 is 28.5 Å². The van der Waals surface area contributed by atoms with Gasteiger partial charge in [-0.3, -0.25) is 13.9 Å². The summed E-state index contributed by atoms with van der Waals surface area (Å²) < 4.78 is 26.8. The van der Waals surface area contributed by atoms with Crippen LogP contribution in [0.25, 0.3) is 0 Å². The molecule has 0 saturated heterocycles. The number of nitrogens with one attached hydrogen (secondary N) is 1. The SMILES string of the molecule is CC[C@@H](C)NC(=O)[C@H](Cc1ccccc1)N(Cc1ccc(C)cc1)C(=O)CN(c1cccc(C)c1)S(C)(=O)=O. The van der Waals surface area contributed by atoms with Crippen molar-refractivity contribution in [2.24, 2.45) is 0 Å². The predicted octanol–water partition coefficient (Wildman–Crippen LogP) is 4.62. The van der Waals surface area contributed by atoms with Gasteiger partial charge in [-0.2, -0.15) is 0 Å². The maximum atomic E-state index is 14.1. The Hall–Kier alpha value is -3.65. The van der Waals surface area contributed by atoms with Crippen LogP contribution in [0.15, 0.2) is 78.9 Å². The van der Waals surface area contributed by atoms with Crippen LogP contribution >= 0.6 is 0 Å². The number of nitrogens with zero attached hydrogens (tertiary/aromatic N) is 2. The first-order chi connectivity index (χ1) is 18.5. The van der Waals surface area contributed by atoms with Crippen LogP contribution < -0.4 is 9.62 Å². The zero-order valence-corrected chi connectivity index (χ0v) is 24.2. The van der Waals surface area contributed by atoms with Gasteiger partial charge in [0.15, 0.2) is 0 Å². The Morgan fingerprint density at radius 2 is 1.54 bits per heavy atom. The van der Waals surface area contributed by atoms with Gasteiger partial charge in [-0.05, 0) is 56.0 Å². The van der Waals surface area contributed by atoms with E-state index in [9.17, 15) is 18.0 Å². The fraction of sp³-hybridized carbons (Fsp3) is 0.355. The number of hydrogen-bond acceptors (Lipinski definition) is 4. The number of rotatable bonds is 12. The van der Waals surface area contributed by atoms with E-state index in [1.165, 1.54) is 4.90 Å². The maximum Gasteiger partial charge on any atom is 0.244 e. The molecule has 0 spiro atoms. The number of hydrogen-bond donors (Lipinski definition) is 1. The Kier molecular flexibility index (Phi) is 10.3. The van der Waals surface area contributed by atoms with E-state index in [-0.39, 0.29) is 18.5 Å². The molecule has 3 rings (SSSR count). The molecular formula is C31H39N3O4S. The lowest BCUT2D eigenvalue weighted by molar-refractivity contribution is -0.140. The molecule has 3 aromatic rings. The summed E-state index contributed by atoms with van der Waals surface area (Å²) in [5.74, 6) is -0.724. The number of sulfonamides is 1. The Morgan fingerprint density at radius 1 is 0.872 bits per heavy atom. The van der Waals surface area contributed by atoms with Gasteiger partial charge in [-0.15, -0.1) is 0 Å². The highest BCUT2D eigenvalue weighted by atomic mass is 32.2. The van der Waals surface area contributed by atoms with Crippen LogP contribution in [-0.2, 0) is 32.6 Å². The molecule has 39 heavy (non-hydrogen) atoms. The van der Waals surface area contributed by atoms with Crippen molar-refractivity contribution in [2.75, 3.05) is 17.1 Å². The molecule has 0 radical (unpaired) electrons. The molecule has 0 bridgehead atoms. The lowest BCUT2D eigenvalue weighted by Crippen LogP contribution is -2.54. The third kappa shape index (κ3) is 8.68. The van der Waals surface area contributed by atoms with Crippen molar-refractivity contribution in [2.45, 2.75) is 59.2 Å². The van der Waals surface area contributed by atoms with E-state index in [2.05, 4.69) is 5.32 Å². The number of benzene rings is 3. The average molecular weight is 550 g/mol. The fourth-order valence-electron chi connectivity index (χ4n) is 4.28. The number of anilines is 1. The summed E-state index contributed by atoms with van der Waals surface area (Å²) in [7, 11) is -3.78. The van der Waals surface area contributed by atoms with Crippen molar-refractivity contribution >= 4 is 27.5 Å². The standard InChI is InChI=1S/C31H39N3O4S/c1-6-25(4)32-31(36)29(20-26-12-8-7-9-13-26)33(21-27-17-15-23(2)16-18-27)30(35)22-34(39(5,37)38)28-14-10-11-24(3)19-28/h7-19,25,29H,6,20-22H2,1-5H3,(H,32,36)/t25-,29+/m1/s1. The van der Waals surface area contributed by atoms with Crippen molar-refractivity contribution in [3.63, 3.8) is 0 Å². The van der Waals surface area contributed by atoms with Crippen molar-refractivity contribution in [3.05, 3.63) is 101 Å². The van der Waals surface area contributed by atoms with Crippen molar-refractivity contribution < 1.29 is 18.0 Å². The van der Waals surface area contributed by atoms with Crippen LogP contribution in [0.1, 0.15) is 42.5 Å². The second-order valence-electron chi connectivity index (χ2n) is 10.1. The second-order valence-corrected chi connectivity index (χ2v) is 12.0. The van der Waals surface area contributed by atoms with Crippen LogP contribution in [0.3, 0.4) is 0 Å². The van der Waals surface area contributed by atoms with Crippen LogP contribution in [0.5, 0.6) is 0 Å². The Balaban J connectivity index is 2.05. The highest BCUT2D eigenvalue weighted by Crippen LogP contribution is 2.21. The summed E-state index contributed by atoms with van der Waals surface area (Å²) in [6, 6.07) is 23.4. The first-order valence-electron chi connectivity index (χ1n) is 13.2. The van der Waals surface area contributed by atoms with Crippen molar-refractivity contribution in [1.82, 2.24) is 10.2 Å². The molecular weight excluding hydrogens is 510 g/mol. The highest BCUT2D eigenvalue weighted by Gasteiger charge is 2.33. The monoisotopic (exact) mass is 549 g/mol. The highest BCUT2D eigenvalue weighted by molar-refractivity contribution is 7.92. The molecule has 0 fully saturated rings. The summed E-state index contributed by atoms with van der Waals surface area (Å²) in [6.07, 6.45) is 2.12. The van der Waals surface area contributed by atoms with E-state index in [0.29, 0.717) is 12.1 Å². The van der Waals surface area contributed by atoms with Gasteiger partial charge in [-0.1, -0.05) is 79.2 Å². The van der Waals surface area contributed by atoms with Gasteiger partial charge >= 0.3 is 0 Å². The van der Waals surface area contributed by atoms with Crippen LogP contribution in [0, 0.1) is 13.8 Å². The first-order valence-corrected chi connectivity index (χ1v) is 15.1. The summed E-state index contributed by atoms with van der Waals surface area (Å²) in [6.45, 7) is 7.50. The number of carbonyl (C=O) groups is 2. The van der Waals surface area contributed by atoms with E-state index in [0.717, 1.165) is 39.2 Å². The van der Waals surface area contributed by atoms with E-state index in [4.69, 9.17) is 0 Å². The van der Waals surface area contributed by atoms with Gasteiger partial charge in [-0.25, -0.2) is 8.42 Å². The zero-order valence-electron chi connectivity index (χ0n) is 23.4. The second kappa shape index (κ2) is 13.4. The van der Waals surface area contributed by atoms with Gasteiger partial charge in [0.2, 0.25) is 21.8 Å². The molecule has 0 saturated carbocycles. The van der Waals surface area contributed by atoms with Crippen LogP contribution in [0.4, 0.5) is 5.69 Å². The molecule has 0 aliphatic heterocycles. The molecule has 1 N–H and O–H groups in total. The van der Waals surface area contributed by atoms with Gasteiger partial charge in [0, 0.05) is 19.0 Å². The molecule has 2 amide bonds. The molecule has 7 nitrogen and oxygen atoms in total. The van der Waals surface area contributed by atoms with Gasteiger partial charge in [0.05, 0.1) is 11.9 Å². The molecule has 0 aromatic heterocycles. The third-order valence-corrected chi connectivity index (χ3v) is 7.86. The number of aryl methyl sites for hydroxylation is 2. The molecule has 8 heteroatoms. The Labute approximate surface area is 232 Å². The number of carbonyl (C=O) groups excluding carboxylic acids is 2. The van der Waals surface area contributed by atoms with Crippen molar-refractivity contribution in [3.8, 4) is 0 Å². The zero-order chi connectivity index (χ0) is 28.6. The third-order valence-electron chi connectivity index (χ3n) is 6.71. The minimum absolute atomic E-state index is 0.0769. The Bertz CT molecular complexity index is 1360. The lowest BCUT2D eigenvalue weighted by Gasteiger charge is -2.34. The predicted molar refractivity (Wildman–Crippen MR) is 157 cm³/mol. The van der Waals surface area contributed by atoms with E-state index in [1.807, 2.05) is 88.4 Å². The molecule has 3 aromatic carbocycles. The minimum atomic E-state index is -3.78. The normalized spacial score (nSPS) is 12.8. The maximum absolute atomic E-state index is 14.1. The summed E-state index contributed by atoms with van der Waals surface area (Å²) >= 11 is 0. The van der Waals surface area contributed by atoms with E-state index in [1.54, 1.807) is 18.2 Å². The number of amides is 2. The molecule has 0 aliphatic rings. The molecule has 208 valence electrons. The largest absolute Gasteiger partial charge is 0.352 e. The van der Waals surface area contributed by atoms with Gasteiger partial charge in [0.25, 0.3) is 0 Å². The summed E-state index contributed by atoms with van der Waals surface area (Å²) in [4.78, 5) is 29.2. The molecule has 0 heterocycles. The minimum Gasteiger partial charge on any atom is -0.352 e. The van der Waals surface area contributed by atoms with Crippen LogP contribution in [-0.4, -0.2) is 50.0 Å². The van der Waals surface area contributed by atoms with Crippen LogP contribution in [0.2, 0.25) is 0 Å². The van der Waals surface area contributed by atoms with Gasteiger partial charge < -0.3 is 10.2 Å². The topological polar surface area (TPSA) is 86.8 Å². The Morgan fingerprint density at radius 3 is 2.13 bits per heavy atom. The van der Waals surface area contributed by atoms with Gasteiger partial charge in [0.1, 0.15) is 12.6 Å². The molecule has 2 atom stereocenters. The molecule has 0 unspecified atom stereocenters. The summed E-state index contributed by atoms with van der Waals surface area (Å²) in [5.41, 5.74) is 4.12. The first kappa shape index (κ1) is 29.9. The molecule has 0 aliphatic carbocycles. The fourth-order valence-corrected chi connectivity index (χ4v) is 5.12. The summed E-state index contributed by atoms with van der Waals surface area (Å²) in [5, 5.41) is 3.04. The van der Waals surface area contributed by atoms with Crippen molar-refractivity contribution in [1.29, 1.82) is 0 Å². The lowest BCUT2D eigenvalue weighted by atomic mass is 10.0. The average Bonchev–Trinajstić information content (AvgIpc) is 2.90. The van der Waals surface area contributed by atoms with E-state index >= 15 is 0 Å².